The molecule has 0 aliphatic heterocycles. The maximum absolute atomic E-state index is 13.0. The molecule has 108 valence electrons. The van der Waals surface area contributed by atoms with Gasteiger partial charge in [0.2, 0.25) is 0 Å². The van der Waals surface area contributed by atoms with Crippen LogP contribution in [0.5, 0.6) is 5.75 Å². The molecule has 2 aromatic rings. The summed E-state index contributed by atoms with van der Waals surface area (Å²) in [6.45, 7) is 4.68. The molecule has 5 heteroatoms. The second-order valence-electron chi connectivity index (χ2n) is 4.63. The fraction of sp³-hybridized carbons (Fsp3) is 0.400. The smallest absolute Gasteiger partial charge is 0.280 e. The number of fused-ring (bicyclic) bond motifs is 1. The van der Waals surface area contributed by atoms with Crippen LogP contribution in [0.15, 0.2) is 18.2 Å². The first-order valence-corrected chi connectivity index (χ1v) is 6.58. The van der Waals surface area contributed by atoms with Crippen LogP contribution in [-0.4, -0.2) is 18.6 Å². The Labute approximate surface area is 117 Å². The molecular formula is C15H18F2N2O. The summed E-state index contributed by atoms with van der Waals surface area (Å²) in [6.07, 6.45) is -1.69. The van der Waals surface area contributed by atoms with E-state index in [0.717, 1.165) is 23.9 Å². The third-order valence-electron chi connectivity index (χ3n) is 3.16. The van der Waals surface area contributed by atoms with Crippen LogP contribution < -0.4 is 10.1 Å². The highest BCUT2D eigenvalue weighted by molar-refractivity contribution is 5.97. The Kier molecular flexibility index (Phi) is 4.37. The van der Waals surface area contributed by atoms with Crippen molar-refractivity contribution in [1.82, 2.24) is 4.98 Å². The molecule has 0 aliphatic rings. The number of ether oxygens (including phenoxy) is 1. The Morgan fingerprint density at radius 1 is 1.35 bits per heavy atom. The summed E-state index contributed by atoms with van der Waals surface area (Å²) in [5.41, 5.74) is 1.90. The Hall–Kier alpha value is -1.91. The van der Waals surface area contributed by atoms with E-state index < -0.39 is 6.43 Å². The predicted molar refractivity (Wildman–Crippen MR) is 76.8 cm³/mol. The van der Waals surface area contributed by atoms with Gasteiger partial charge in [0.1, 0.15) is 17.0 Å². The fourth-order valence-corrected chi connectivity index (χ4v) is 2.18. The Morgan fingerprint density at radius 2 is 2.10 bits per heavy atom. The highest BCUT2D eigenvalue weighted by Crippen LogP contribution is 2.34. The number of alkyl halides is 2. The van der Waals surface area contributed by atoms with Gasteiger partial charge in [-0.3, -0.25) is 0 Å². The molecular weight excluding hydrogens is 262 g/mol. The SMILES string of the molecule is CCCNc1cc(C(F)F)nc2c(OC)ccc(C)c12. The fourth-order valence-electron chi connectivity index (χ4n) is 2.18. The van der Waals surface area contributed by atoms with Crippen molar-refractivity contribution in [2.24, 2.45) is 0 Å². The number of pyridine rings is 1. The van der Waals surface area contributed by atoms with E-state index >= 15 is 0 Å². The number of halogens is 2. The molecule has 0 spiro atoms. The van der Waals surface area contributed by atoms with Crippen molar-refractivity contribution in [1.29, 1.82) is 0 Å². The van der Waals surface area contributed by atoms with Crippen molar-refractivity contribution in [2.45, 2.75) is 26.7 Å². The number of methoxy groups -OCH3 is 1. The molecule has 1 aromatic carbocycles. The van der Waals surface area contributed by atoms with Crippen LogP contribution in [0.1, 0.15) is 31.0 Å². The van der Waals surface area contributed by atoms with Gasteiger partial charge in [-0.25, -0.2) is 13.8 Å². The van der Waals surface area contributed by atoms with Crippen LogP contribution >= 0.6 is 0 Å². The topological polar surface area (TPSA) is 34.2 Å². The van der Waals surface area contributed by atoms with Gasteiger partial charge in [0, 0.05) is 17.6 Å². The van der Waals surface area contributed by atoms with E-state index in [1.54, 1.807) is 6.07 Å². The van der Waals surface area contributed by atoms with E-state index in [-0.39, 0.29) is 5.69 Å². The maximum atomic E-state index is 13.0. The van der Waals surface area contributed by atoms with E-state index in [1.165, 1.54) is 13.2 Å². The molecule has 0 saturated carbocycles. The van der Waals surface area contributed by atoms with Gasteiger partial charge in [-0.05, 0) is 31.0 Å². The van der Waals surface area contributed by atoms with Crippen LogP contribution in [0, 0.1) is 6.92 Å². The predicted octanol–water partition coefficient (Wildman–Crippen LogP) is 4.31. The Morgan fingerprint density at radius 3 is 2.70 bits per heavy atom. The molecule has 2 rings (SSSR count). The molecule has 0 aliphatic carbocycles. The summed E-state index contributed by atoms with van der Waals surface area (Å²) < 4.78 is 31.2. The van der Waals surface area contributed by atoms with E-state index in [4.69, 9.17) is 4.74 Å². The normalized spacial score (nSPS) is 11.1. The highest BCUT2D eigenvalue weighted by atomic mass is 19.3. The standard InChI is InChI=1S/C15H18F2N2O/c1-4-7-18-10-8-11(15(16)17)19-14-12(20-3)6-5-9(2)13(10)14/h5-6,8,15H,4,7H2,1-3H3,(H,18,19). The molecule has 0 fully saturated rings. The van der Waals surface area contributed by atoms with E-state index in [2.05, 4.69) is 10.3 Å². The van der Waals surface area contributed by atoms with Crippen molar-refractivity contribution in [3.8, 4) is 5.75 Å². The molecule has 1 aromatic heterocycles. The number of aromatic nitrogens is 1. The van der Waals surface area contributed by atoms with Gasteiger partial charge >= 0.3 is 0 Å². The number of benzene rings is 1. The van der Waals surface area contributed by atoms with Gasteiger partial charge < -0.3 is 10.1 Å². The summed E-state index contributed by atoms with van der Waals surface area (Å²) in [4.78, 5) is 4.06. The van der Waals surface area contributed by atoms with Gasteiger partial charge in [0.05, 0.1) is 7.11 Å². The van der Waals surface area contributed by atoms with Gasteiger partial charge in [0.15, 0.2) is 0 Å². The number of hydrogen-bond donors (Lipinski definition) is 1. The molecule has 0 unspecified atom stereocenters. The lowest BCUT2D eigenvalue weighted by Gasteiger charge is -2.15. The Bertz CT molecular complexity index is 614. The second-order valence-corrected chi connectivity index (χ2v) is 4.63. The lowest BCUT2D eigenvalue weighted by Crippen LogP contribution is -2.04. The summed E-state index contributed by atoms with van der Waals surface area (Å²) >= 11 is 0. The molecule has 1 N–H and O–H groups in total. The van der Waals surface area contributed by atoms with Gasteiger partial charge in [0.25, 0.3) is 6.43 Å². The number of aryl methyl sites for hydroxylation is 1. The molecule has 3 nitrogen and oxygen atoms in total. The van der Waals surface area contributed by atoms with Crippen molar-refractivity contribution in [2.75, 3.05) is 19.0 Å². The van der Waals surface area contributed by atoms with Crippen LogP contribution in [0.25, 0.3) is 10.9 Å². The number of anilines is 1. The number of nitrogens with one attached hydrogen (secondary N) is 1. The van der Waals surface area contributed by atoms with Crippen molar-refractivity contribution >= 4 is 16.6 Å². The van der Waals surface area contributed by atoms with Gasteiger partial charge in [-0.1, -0.05) is 13.0 Å². The largest absolute Gasteiger partial charge is 0.494 e. The minimum Gasteiger partial charge on any atom is -0.494 e. The summed E-state index contributed by atoms with van der Waals surface area (Å²) in [5, 5.41) is 4.03. The number of hydrogen-bond acceptors (Lipinski definition) is 3. The minimum absolute atomic E-state index is 0.236. The highest BCUT2D eigenvalue weighted by Gasteiger charge is 2.16. The molecule has 1 heterocycles. The number of rotatable bonds is 5. The first-order valence-electron chi connectivity index (χ1n) is 6.58. The third kappa shape index (κ3) is 2.66. The van der Waals surface area contributed by atoms with Crippen LogP contribution in [0.3, 0.4) is 0 Å². The van der Waals surface area contributed by atoms with Crippen LogP contribution in [-0.2, 0) is 0 Å². The zero-order valence-corrected chi connectivity index (χ0v) is 11.8. The van der Waals surface area contributed by atoms with Crippen molar-refractivity contribution in [3.63, 3.8) is 0 Å². The van der Waals surface area contributed by atoms with Crippen molar-refractivity contribution in [3.05, 3.63) is 29.5 Å². The first-order chi connectivity index (χ1) is 9.58. The number of nitrogens with zero attached hydrogens (tertiary/aromatic N) is 1. The average molecular weight is 280 g/mol. The summed E-state index contributed by atoms with van der Waals surface area (Å²) in [6, 6.07) is 5.08. The zero-order valence-electron chi connectivity index (χ0n) is 11.8. The zero-order chi connectivity index (χ0) is 14.7. The maximum Gasteiger partial charge on any atom is 0.280 e. The lowest BCUT2D eigenvalue weighted by molar-refractivity contribution is 0.146. The van der Waals surface area contributed by atoms with Crippen LogP contribution in [0.2, 0.25) is 0 Å². The minimum atomic E-state index is -2.60. The molecule has 0 radical (unpaired) electrons. The molecule has 0 atom stereocenters. The van der Waals surface area contributed by atoms with E-state index in [9.17, 15) is 8.78 Å². The van der Waals surface area contributed by atoms with E-state index in [1.807, 2.05) is 19.9 Å². The third-order valence-corrected chi connectivity index (χ3v) is 3.16. The molecule has 0 saturated heterocycles. The molecule has 20 heavy (non-hydrogen) atoms. The quantitative estimate of drug-likeness (QED) is 0.886. The van der Waals surface area contributed by atoms with Crippen LogP contribution in [0.4, 0.5) is 14.5 Å². The lowest BCUT2D eigenvalue weighted by atomic mass is 10.1. The Balaban J connectivity index is 2.72. The summed E-state index contributed by atoms with van der Waals surface area (Å²) in [7, 11) is 1.51. The van der Waals surface area contributed by atoms with E-state index in [0.29, 0.717) is 17.0 Å². The molecule has 0 amide bonds. The second kappa shape index (κ2) is 6.03. The summed E-state index contributed by atoms with van der Waals surface area (Å²) in [5.74, 6) is 0.507. The average Bonchev–Trinajstić information content (AvgIpc) is 2.44. The van der Waals surface area contributed by atoms with Gasteiger partial charge in [-0.15, -0.1) is 0 Å². The van der Waals surface area contributed by atoms with Gasteiger partial charge in [-0.2, -0.15) is 0 Å². The first kappa shape index (κ1) is 14.5. The molecule has 0 bridgehead atoms. The van der Waals surface area contributed by atoms with Crippen molar-refractivity contribution < 1.29 is 13.5 Å². The monoisotopic (exact) mass is 280 g/mol.